The standard InChI is InChI=1S/C16H20F3N3O5/c1-10(2)21(9-15(24)27-3)14(23)6-7-20-12-5-4-11(16(17,18)19)8-13(12)22(25)26/h4-5,8,10,20H,6-7,9H2,1-3H3. The third-order valence-electron chi connectivity index (χ3n) is 3.65. The van der Waals surface area contributed by atoms with Crippen LogP contribution >= 0.6 is 0 Å². The zero-order chi connectivity index (χ0) is 20.8. The summed E-state index contributed by atoms with van der Waals surface area (Å²) in [6.07, 6.45) is -4.82. The zero-order valence-electron chi connectivity index (χ0n) is 15.0. The van der Waals surface area contributed by atoms with E-state index in [-0.39, 0.29) is 31.2 Å². The number of ether oxygens (including phenoxy) is 1. The fourth-order valence-electron chi connectivity index (χ4n) is 2.22. The first-order chi connectivity index (χ1) is 12.5. The predicted octanol–water partition coefficient (Wildman–Crippen LogP) is 2.83. The summed E-state index contributed by atoms with van der Waals surface area (Å²) in [4.78, 5) is 34.9. The molecule has 0 saturated carbocycles. The highest BCUT2D eigenvalue weighted by molar-refractivity contribution is 5.82. The van der Waals surface area contributed by atoms with Gasteiger partial charge in [0.15, 0.2) is 0 Å². The van der Waals surface area contributed by atoms with E-state index in [1.165, 1.54) is 12.0 Å². The molecule has 0 aliphatic heterocycles. The lowest BCUT2D eigenvalue weighted by atomic mass is 10.1. The van der Waals surface area contributed by atoms with Gasteiger partial charge in [0.1, 0.15) is 12.2 Å². The van der Waals surface area contributed by atoms with Crippen LogP contribution in [0.3, 0.4) is 0 Å². The number of hydrogen-bond acceptors (Lipinski definition) is 6. The Bertz CT molecular complexity index is 707. The van der Waals surface area contributed by atoms with Crippen LogP contribution in [0.2, 0.25) is 0 Å². The van der Waals surface area contributed by atoms with Crippen molar-refractivity contribution in [1.82, 2.24) is 4.90 Å². The zero-order valence-corrected chi connectivity index (χ0v) is 15.0. The second-order valence-corrected chi connectivity index (χ2v) is 5.86. The van der Waals surface area contributed by atoms with Crippen molar-refractivity contribution >= 4 is 23.3 Å². The van der Waals surface area contributed by atoms with Gasteiger partial charge in [0.25, 0.3) is 5.69 Å². The van der Waals surface area contributed by atoms with Crippen molar-refractivity contribution in [3.63, 3.8) is 0 Å². The number of nitrogens with one attached hydrogen (secondary N) is 1. The minimum absolute atomic E-state index is 0.0601. The summed E-state index contributed by atoms with van der Waals surface area (Å²) in [7, 11) is 1.19. The number of alkyl halides is 3. The maximum absolute atomic E-state index is 12.7. The van der Waals surface area contributed by atoms with E-state index in [0.29, 0.717) is 6.07 Å². The molecule has 1 aromatic rings. The van der Waals surface area contributed by atoms with Gasteiger partial charge in [-0.2, -0.15) is 13.2 Å². The number of carbonyl (C=O) groups is 2. The number of nitrogens with zero attached hydrogens (tertiary/aromatic N) is 2. The number of rotatable bonds is 8. The molecule has 150 valence electrons. The van der Waals surface area contributed by atoms with Crippen LogP contribution in [0.25, 0.3) is 0 Å². The number of nitro groups is 1. The van der Waals surface area contributed by atoms with Gasteiger partial charge in [-0.05, 0) is 26.0 Å². The van der Waals surface area contributed by atoms with Gasteiger partial charge in [0.05, 0.1) is 17.6 Å². The average Bonchev–Trinajstić information content (AvgIpc) is 2.57. The van der Waals surface area contributed by atoms with Crippen molar-refractivity contribution in [1.29, 1.82) is 0 Å². The second-order valence-electron chi connectivity index (χ2n) is 5.86. The molecule has 0 saturated heterocycles. The molecule has 1 rings (SSSR count). The van der Waals surface area contributed by atoms with Crippen LogP contribution in [0, 0.1) is 10.1 Å². The van der Waals surface area contributed by atoms with Gasteiger partial charge in [0.2, 0.25) is 5.91 Å². The lowest BCUT2D eigenvalue weighted by Gasteiger charge is -2.25. The Kier molecular flexibility index (Phi) is 7.56. The molecule has 0 aliphatic carbocycles. The normalized spacial score (nSPS) is 11.2. The number of anilines is 1. The van der Waals surface area contributed by atoms with Crippen molar-refractivity contribution in [2.24, 2.45) is 0 Å². The average molecular weight is 391 g/mol. The summed E-state index contributed by atoms with van der Waals surface area (Å²) >= 11 is 0. The molecule has 0 aliphatic rings. The minimum Gasteiger partial charge on any atom is -0.468 e. The number of carbonyl (C=O) groups excluding carboxylic acids is 2. The van der Waals surface area contributed by atoms with Crippen LogP contribution in [-0.4, -0.2) is 47.9 Å². The van der Waals surface area contributed by atoms with Crippen LogP contribution in [0.5, 0.6) is 0 Å². The number of halogens is 3. The van der Waals surface area contributed by atoms with Crippen LogP contribution in [0.4, 0.5) is 24.5 Å². The van der Waals surface area contributed by atoms with Gasteiger partial charge in [-0.1, -0.05) is 0 Å². The van der Waals surface area contributed by atoms with E-state index in [4.69, 9.17) is 0 Å². The van der Waals surface area contributed by atoms with E-state index in [0.717, 1.165) is 12.1 Å². The van der Waals surface area contributed by atoms with Crippen molar-refractivity contribution in [3.05, 3.63) is 33.9 Å². The van der Waals surface area contributed by atoms with Gasteiger partial charge < -0.3 is 15.0 Å². The molecule has 0 bridgehead atoms. The second kappa shape index (κ2) is 9.19. The molecule has 0 heterocycles. The van der Waals surface area contributed by atoms with E-state index in [1.54, 1.807) is 13.8 Å². The van der Waals surface area contributed by atoms with E-state index in [2.05, 4.69) is 10.1 Å². The SMILES string of the molecule is COC(=O)CN(C(=O)CCNc1ccc(C(F)(F)F)cc1[N+](=O)[O-])C(C)C. The third-order valence-corrected chi connectivity index (χ3v) is 3.65. The topological polar surface area (TPSA) is 102 Å². The van der Waals surface area contributed by atoms with Crippen LogP contribution in [0.1, 0.15) is 25.8 Å². The van der Waals surface area contributed by atoms with Crippen LogP contribution in [0.15, 0.2) is 18.2 Å². The highest BCUT2D eigenvalue weighted by Gasteiger charge is 2.33. The summed E-state index contributed by atoms with van der Waals surface area (Å²) in [5, 5.41) is 13.6. The first-order valence-electron chi connectivity index (χ1n) is 7.93. The lowest BCUT2D eigenvalue weighted by molar-refractivity contribution is -0.384. The Morgan fingerprint density at radius 3 is 2.44 bits per heavy atom. The maximum atomic E-state index is 12.7. The summed E-state index contributed by atoms with van der Waals surface area (Å²) in [5.41, 5.74) is -2.02. The summed E-state index contributed by atoms with van der Waals surface area (Å²) < 4.78 is 42.6. The molecule has 0 unspecified atom stereocenters. The molecule has 0 fully saturated rings. The maximum Gasteiger partial charge on any atom is 0.416 e. The fraction of sp³-hybridized carbons (Fsp3) is 0.500. The summed E-state index contributed by atoms with van der Waals surface area (Å²) in [6.45, 7) is 3.10. The minimum atomic E-state index is -4.70. The molecular formula is C16H20F3N3O5. The number of nitro benzene ring substituents is 1. The highest BCUT2D eigenvalue weighted by atomic mass is 19.4. The van der Waals surface area contributed by atoms with E-state index >= 15 is 0 Å². The summed E-state index contributed by atoms with van der Waals surface area (Å²) in [5.74, 6) is -0.999. The Morgan fingerprint density at radius 1 is 1.33 bits per heavy atom. The number of hydrogen-bond donors (Lipinski definition) is 1. The first kappa shape index (κ1) is 22.2. The molecule has 0 atom stereocenters. The molecule has 1 aromatic carbocycles. The molecule has 0 spiro atoms. The molecular weight excluding hydrogens is 371 g/mol. The van der Waals surface area contributed by atoms with E-state index < -0.39 is 34.2 Å². The molecule has 1 N–H and O–H groups in total. The first-order valence-corrected chi connectivity index (χ1v) is 7.93. The largest absolute Gasteiger partial charge is 0.468 e. The van der Waals surface area contributed by atoms with Gasteiger partial charge in [-0.15, -0.1) is 0 Å². The monoisotopic (exact) mass is 391 g/mol. The molecule has 8 nitrogen and oxygen atoms in total. The molecule has 27 heavy (non-hydrogen) atoms. The Morgan fingerprint density at radius 2 is 1.96 bits per heavy atom. The van der Waals surface area contributed by atoms with Crippen LogP contribution in [-0.2, 0) is 20.5 Å². The summed E-state index contributed by atoms with van der Waals surface area (Å²) in [6, 6.07) is 1.81. The van der Waals surface area contributed by atoms with Gasteiger partial charge in [-0.3, -0.25) is 19.7 Å². The predicted molar refractivity (Wildman–Crippen MR) is 90.1 cm³/mol. The van der Waals surface area contributed by atoms with Crippen molar-refractivity contribution in [3.8, 4) is 0 Å². The van der Waals surface area contributed by atoms with E-state index in [1.807, 2.05) is 0 Å². The van der Waals surface area contributed by atoms with Crippen molar-refractivity contribution in [2.45, 2.75) is 32.5 Å². The Labute approximate surface area is 153 Å². The number of benzene rings is 1. The van der Waals surface area contributed by atoms with Crippen LogP contribution < -0.4 is 5.32 Å². The molecule has 0 aromatic heterocycles. The molecule has 1 amide bonds. The third kappa shape index (κ3) is 6.42. The van der Waals surface area contributed by atoms with E-state index in [9.17, 15) is 32.9 Å². The Hall–Kier alpha value is -2.85. The lowest BCUT2D eigenvalue weighted by Crippen LogP contribution is -2.41. The smallest absolute Gasteiger partial charge is 0.416 e. The number of amides is 1. The van der Waals surface area contributed by atoms with Crippen molar-refractivity contribution in [2.75, 3.05) is 25.5 Å². The van der Waals surface area contributed by atoms with Gasteiger partial charge in [-0.25, -0.2) is 0 Å². The molecule has 11 heteroatoms. The number of methoxy groups -OCH3 is 1. The fourth-order valence-corrected chi connectivity index (χ4v) is 2.22. The van der Waals surface area contributed by atoms with Gasteiger partial charge in [0, 0.05) is 25.1 Å². The quantitative estimate of drug-likeness (QED) is 0.415. The van der Waals surface area contributed by atoms with Gasteiger partial charge >= 0.3 is 12.1 Å². The molecule has 0 radical (unpaired) electrons. The Balaban J connectivity index is 2.81. The number of esters is 1. The highest BCUT2D eigenvalue weighted by Crippen LogP contribution is 2.34. The van der Waals surface area contributed by atoms with Crippen molar-refractivity contribution < 1.29 is 32.4 Å².